The van der Waals surface area contributed by atoms with Crippen LogP contribution in [0.1, 0.15) is 18.9 Å². The summed E-state index contributed by atoms with van der Waals surface area (Å²) >= 11 is 0. The fraction of sp³-hybridized carbons (Fsp3) is 0.333. The Morgan fingerprint density at radius 3 is 2.54 bits per heavy atom. The summed E-state index contributed by atoms with van der Waals surface area (Å²) in [6, 6.07) is 7.28. The second-order valence-corrected chi connectivity index (χ2v) is 3.38. The van der Waals surface area contributed by atoms with Gasteiger partial charge in [0.15, 0.2) is 0 Å². The third kappa shape index (κ3) is 3.21. The fourth-order valence-corrected chi connectivity index (χ4v) is 1.31. The lowest BCUT2D eigenvalue weighted by molar-refractivity contribution is 0.474. The minimum atomic E-state index is 0.313. The minimum Gasteiger partial charge on any atom is -0.508 e. The Balaban J connectivity index is 2.55. The number of rotatable bonds is 3. The Morgan fingerprint density at radius 1 is 1.38 bits per heavy atom. The third-order valence-electron chi connectivity index (χ3n) is 1.99. The molecular formula is C12H14O. The molecule has 1 atom stereocenters. The molecule has 0 aliphatic rings. The van der Waals surface area contributed by atoms with Crippen LogP contribution in [-0.2, 0) is 6.42 Å². The van der Waals surface area contributed by atoms with Crippen molar-refractivity contribution >= 4 is 0 Å². The molecule has 0 saturated heterocycles. The van der Waals surface area contributed by atoms with E-state index in [9.17, 15) is 0 Å². The smallest absolute Gasteiger partial charge is 0.115 e. The molecule has 0 fully saturated rings. The van der Waals surface area contributed by atoms with Gasteiger partial charge in [-0.1, -0.05) is 19.1 Å². The first kappa shape index (κ1) is 9.67. The van der Waals surface area contributed by atoms with Gasteiger partial charge >= 0.3 is 0 Å². The Bertz CT molecular complexity index is 292. The molecule has 1 rings (SSSR count). The summed E-state index contributed by atoms with van der Waals surface area (Å²) in [6.45, 7) is 2.13. The molecule has 1 nitrogen and oxygen atoms in total. The van der Waals surface area contributed by atoms with Gasteiger partial charge in [0, 0.05) is 6.42 Å². The maximum Gasteiger partial charge on any atom is 0.115 e. The van der Waals surface area contributed by atoms with E-state index >= 15 is 0 Å². The van der Waals surface area contributed by atoms with Gasteiger partial charge in [-0.3, -0.25) is 0 Å². The molecule has 1 unspecified atom stereocenters. The lowest BCUT2D eigenvalue weighted by Gasteiger charge is -2.07. The van der Waals surface area contributed by atoms with Crippen molar-refractivity contribution in [1.82, 2.24) is 0 Å². The van der Waals surface area contributed by atoms with Crippen LogP contribution in [0.25, 0.3) is 0 Å². The quantitative estimate of drug-likeness (QED) is 0.698. The van der Waals surface area contributed by atoms with Gasteiger partial charge in [0.2, 0.25) is 0 Å². The van der Waals surface area contributed by atoms with Crippen molar-refractivity contribution in [1.29, 1.82) is 0 Å². The number of benzene rings is 1. The van der Waals surface area contributed by atoms with Gasteiger partial charge in [-0.15, -0.1) is 12.3 Å². The third-order valence-corrected chi connectivity index (χ3v) is 1.99. The van der Waals surface area contributed by atoms with Crippen LogP contribution in [0.4, 0.5) is 0 Å². The van der Waals surface area contributed by atoms with E-state index in [2.05, 4.69) is 12.8 Å². The molecule has 0 heterocycles. The van der Waals surface area contributed by atoms with Gasteiger partial charge in [-0.05, 0) is 30.0 Å². The number of aromatic hydroxyl groups is 1. The summed E-state index contributed by atoms with van der Waals surface area (Å²) in [7, 11) is 0. The molecule has 13 heavy (non-hydrogen) atoms. The molecule has 0 amide bonds. The van der Waals surface area contributed by atoms with Crippen LogP contribution in [0.2, 0.25) is 0 Å². The summed E-state index contributed by atoms with van der Waals surface area (Å²) in [5, 5.41) is 9.06. The molecule has 1 heteroatoms. The van der Waals surface area contributed by atoms with Crippen molar-refractivity contribution in [3.8, 4) is 18.1 Å². The van der Waals surface area contributed by atoms with E-state index in [-0.39, 0.29) is 0 Å². The second-order valence-electron chi connectivity index (χ2n) is 3.38. The predicted molar refractivity (Wildman–Crippen MR) is 54.4 cm³/mol. The summed E-state index contributed by atoms with van der Waals surface area (Å²) < 4.78 is 0. The van der Waals surface area contributed by atoms with Crippen LogP contribution in [0.5, 0.6) is 5.75 Å². The van der Waals surface area contributed by atoms with Gasteiger partial charge in [0.05, 0.1) is 0 Å². The predicted octanol–water partition coefficient (Wildman–Crippen LogP) is 2.59. The average Bonchev–Trinajstić information content (AvgIpc) is 2.09. The van der Waals surface area contributed by atoms with Gasteiger partial charge in [0.1, 0.15) is 5.75 Å². The first-order valence-corrected chi connectivity index (χ1v) is 4.43. The first-order chi connectivity index (χ1) is 6.22. The zero-order valence-electron chi connectivity index (χ0n) is 7.83. The van der Waals surface area contributed by atoms with Crippen molar-refractivity contribution in [3.05, 3.63) is 29.8 Å². The van der Waals surface area contributed by atoms with Crippen LogP contribution in [0, 0.1) is 18.3 Å². The van der Waals surface area contributed by atoms with E-state index in [1.807, 2.05) is 12.1 Å². The average molecular weight is 174 g/mol. The highest BCUT2D eigenvalue weighted by Crippen LogP contribution is 2.14. The molecular weight excluding hydrogens is 160 g/mol. The molecule has 0 aliphatic carbocycles. The number of hydrogen-bond acceptors (Lipinski definition) is 1. The number of phenols is 1. The highest BCUT2D eigenvalue weighted by Gasteiger charge is 2.01. The van der Waals surface area contributed by atoms with Crippen molar-refractivity contribution in [3.63, 3.8) is 0 Å². The Kier molecular flexibility index (Phi) is 3.40. The van der Waals surface area contributed by atoms with Gasteiger partial charge < -0.3 is 5.11 Å². The molecule has 1 aromatic carbocycles. The standard InChI is InChI=1S/C12H14O/c1-3-4-10(2)9-11-5-7-12(13)8-6-11/h1,5-8,10,13H,4,9H2,2H3. The van der Waals surface area contributed by atoms with Crippen molar-refractivity contribution in [2.45, 2.75) is 19.8 Å². The monoisotopic (exact) mass is 174 g/mol. The van der Waals surface area contributed by atoms with Crippen LogP contribution < -0.4 is 0 Å². The topological polar surface area (TPSA) is 20.2 Å². The molecule has 0 aromatic heterocycles. The number of phenolic OH excluding ortho intramolecular Hbond substituents is 1. The van der Waals surface area contributed by atoms with Crippen molar-refractivity contribution in [2.24, 2.45) is 5.92 Å². The van der Waals surface area contributed by atoms with Crippen LogP contribution in [-0.4, -0.2) is 5.11 Å². The summed E-state index contributed by atoms with van der Waals surface area (Å²) in [4.78, 5) is 0. The molecule has 0 saturated carbocycles. The van der Waals surface area contributed by atoms with E-state index in [1.165, 1.54) is 5.56 Å². The lowest BCUT2D eigenvalue weighted by atomic mass is 9.98. The summed E-state index contributed by atoms with van der Waals surface area (Å²) in [5.41, 5.74) is 1.22. The molecule has 68 valence electrons. The highest BCUT2D eigenvalue weighted by molar-refractivity contribution is 5.26. The van der Waals surface area contributed by atoms with E-state index in [0.717, 1.165) is 12.8 Å². The van der Waals surface area contributed by atoms with E-state index < -0.39 is 0 Å². The van der Waals surface area contributed by atoms with Crippen molar-refractivity contribution < 1.29 is 5.11 Å². The minimum absolute atomic E-state index is 0.313. The number of terminal acetylenes is 1. The molecule has 1 aromatic rings. The van der Waals surface area contributed by atoms with Gasteiger partial charge in [-0.2, -0.15) is 0 Å². The Hall–Kier alpha value is -1.42. The van der Waals surface area contributed by atoms with E-state index in [1.54, 1.807) is 12.1 Å². The van der Waals surface area contributed by atoms with Crippen molar-refractivity contribution in [2.75, 3.05) is 0 Å². The zero-order chi connectivity index (χ0) is 9.68. The summed E-state index contributed by atoms with van der Waals surface area (Å²) in [5.74, 6) is 3.47. The first-order valence-electron chi connectivity index (χ1n) is 4.43. The zero-order valence-corrected chi connectivity index (χ0v) is 7.83. The van der Waals surface area contributed by atoms with E-state index in [0.29, 0.717) is 11.7 Å². The Labute approximate surface area is 79.4 Å². The Morgan fingerprint density at radius 2 is 2.00 bits per heavy atom. The van der Waals surface area contributed by atoms with Crippen LogP contribution >= 0.6 is 0 Å². The van der Waals surface area contributed by atoms with Gasteiger partial charge in [-0.25, -0.2) is 0 Å². The largest absolute Gasteiger partial charge is 0.508 e. The molecule has 0 radical (unpaired) electrons. The second kappa shape index (κ2) is 4.57. The van der Waals surface area contributed by atoms with E-state index in [4.69, 9.17) is 11.5 Å². The molecule has 1 N–H and O–H groups in total. The fourth-order valence-electron chi connectivity index (χ4n) is 1.31. The molecule has 0 bridgehead atoms. The molecule has 0 aliphatic heterocycles. The lowest BCUT2D eigenvalue weighted by Crippen LogP contribution is -1.97. The maximum atomic E-state index is 9.06. The van der Waals surface area contributed by atoms with Crippen LogP contribution in [0.3, 0.4) is 0 Å². The number of hydrogen-bond donors (Lipinski definition) is 1. The normalized spacial score (nSPS) is 12.0. The maximum absolute atomic E-state index is 9.06. The van der Waals surface area contributed by atoms with Gasteiger partial charge in [0.25, 0.3) is 0 Å². The SMILES string of the molecule is C#CCC(C)Cc1ccc(O)cc1. The molecule has 0 spiro atoms. The van der Waals surface area contributed by atoms with Crippen LogP contribution in [0.15, 0.2) is 24.3 Å². The summed E-state index contributed by atoms with van der Waals surface area (Å²) in [6.07, 6.45) is 7.00. The highest BCUT2D eigenvalue weighted by atomic mass is 16.3.